The first-order chi connectivity index (χ1) is 9.80. The van der Waals surface area contributed by atoms with E-state index in [9.17, 15) is 0 Å². The minimum atomic E-state index is 0.740. The predicted molar refractivity (Wildman–Crippen MR) is 88.7 cm³/mol. The predicted octanol–water partition coefficient (Wildman–Crippen LogP) is 4.27. The van der Waals surface area contributed by atoms with E-state index < -0.39 is 0 Å². The number of hydrogen-bond acceptors (Lipinski definition) is 2. The number of hydrazine groups is 1. The van der Waals surface area contributed by atoms with E-state index in [0.29, 0.717) is 0 Å². The van der Waals surface area contributed by atoms with Gasteiger partial charge in [0.15, 0.2) is 0 Å². The zero-order valence-corrected chi connectivity index (χ0v) is 13.6. The Morgan fingerprint density at radius 2 is 1.70 bits per heavy atom. The summed E-state index contributed by atoms with van der Waals surface area (Å²) in [5, 5.41) is 2.30. The molecule has 1 unspecified atom stereocenters. The quantitative estimate of drug-likeness (QED) is 0.479. The zero-order chi connectivity index (χ0) is 14.6. The van der Waals surface area contributed by atoms with Crippen LogP contribution in [-0.2, 0) is 6.42 Å². The number of nitrogens with zero attached hydrogens (tertiary/aromatic N) is 1. The van der Waals surface area contributed by atoms with E-state index in [-0.39, 0.29) is 0 Å². The van der Waals surface area contributed by atoms with Gasteiger partial charge < -0.3 is 0 Å². The molecule has 0 aliphatic heterocycles. The van der Waals surface area contributed by atoms with Gasteiger partial charge in [0.05, 0.1) is 0 Å². The van der Waals surface area contributed by atoms with Crippen LogP contribution < -0.4 is 5.43 Å². The maximum Gasteiger partial charge on any atom is 0.0134 e. The highest BCUT2D eigenvalue weighted by Gasteiger charge is 2.10. The summed E-state index contributed by atoms with van der Waals surface area (Å²) in [4.78, 5) is 0. The molecule has 0 spiro atoms. The van der Waals surface area contributed by atoms with Gasteiger partial charge in [0.1, 0.15) is 0 Å². The van der Waals surface area contributed by atoms with Crippen molar-refractivity contribution in [1.82, 2.24) is 10.4 Å². The van der Waals surface area contributed by atoms with Gasteiger partial charge in [-0.05, 0) is 24.3 Å². The van der Waals surface area contributed by atoms with Crippen LogP contribution in [0, 0.1) is 5.92 Å². The highest BCUT2D eigenvalue weighted by Crippen LogP contribution is 2.15. The summed E-state index contributed by atoms with van der Waals surface area (Å²) >= 11 is 0. The molecule has 1 rings (SSSR count). The number of rotatable bonds is 11. The molecule has 114 valence electrons. The molecule has 1 aromatic carbocycles. The smallest absolute Gasteiger partial charge is 0.0134 e. The van der Waals surface area contributed by atoms with Crippen molar-refractivity contribution in [3.05, 3.63) is 35.9 Å². The topological polar surface area (TPSA) is 15.3 Å². The third-order valence-electron chi connectivity index (χ3n) is 3.95. The molecule has 0 aliphatic rings. The molecule has 2 heteroatoms. The van der Waals surface area contributed by atoms with Gasteiger partial charge in [0.25, 0.3) is 0 Å². The van der Waals surface area contributed by atoms with Crippen molar-refractivity contribution in [1.29, 1.82) is 0 Å². The fourth-order valence-electron chi connectivity index (χ4n) is 2.61. The third-order valence-corrected chi connectivity index (χ3v) is 3.95. The average molecular weight is 276 g/mol. The van der Waals surface area contributed by atoms with Crippen LogP contribution in [0.25, 0.3) is 0 Å². The molecule has 0 saturated heterocycles. The molecule has 0 amide bonds. The van der Waals surface area contributed by atoms with Crippen molar-refractivity contribution in [3.63, 3.8) is 0 Å². The second kappa shape index (κ2) is 10.9. The average Bonchev–Trinajstić information content (AvgIpc) is 2.49. The zero-order valence-electron chi connectivity index (χ0n) is 13.6. The van der Waals surface area contributed by atoms with Gasteiger partial charge in [-0.3, -0.25) is 5.43 Å². The Balaban J connectivity index is 2.46. The Morgan fingerprint density at radius 1 is 1.00 bits per heavy atom. The first-order valence-electron chi connectivity index (χ1n) is 8.32. The van der Waals surface area contributed by atoms with Crippen molar-refractivity contribution in [3.8, 4) is 0 Å². The SMILES string of the molecule is CCCCCC(CNN(CC)CC)Cc1ccccc1. The summed E-state index contributed by atoms with van der Waals surface area (Å²) in [5.74, 6) is 0.740. The van der Waals surface area contributed by atoms with Crippen molar-refractivity contribution in [2.24, 2.45) is 5.92 Å². The van der Waals surface area contributed by atoms with E-state index in [0.717, 1.165) is 25.6 Å². The molecule has 2 nitrogen and oxygen atoms in total. The Bertz CT molecular complexity index is 319. The van der Waals surface area contributed by atoms with E-state index in [1.54, 1.807) is 0 Å². The second-order valence-electron chi connectivity index (χ2n) is 5.59. The molecule has 1 atom stereocenters. The fourth-order valence-corrected chi connectivity index (χ4v) is 2.61. The van der Waals surface area contributed by atoms with E-state index >= 15 is 0 Å². The summed E-state index contributed by atoms with van der Waals surface area (Å²) in [7, 11) is 0. The third kappa shape index (κ3) is 7.06. The van der Waals surface area contributed by atoms with Crippen molar-refractivity contribution >= 4 is 0 Å². The standard InChI is InChI=1S/C18H32N2/c1-4-7-9-14-18(16-19-20(5-2)6-3)15-17-12-10-8-11-13-17/h8,10-13,18-19H,4-7,9,14-16H2,1-3H3. The number of benzene rings is 1. The maximum absolute atomic E-state index is 3.60. The summed E-state index contributed by atoms with van der Waals surface area (Å²) in [6.07, 6.45) is 6.54. The van der Waals surface area contributed by atoms with E-state index in [1.165, 1.54) is 37.7 Å². The second-order valence-corrected chi connectivity index (χ2v) is 5.59. The number of hydrogen-bond donors (Lipinski definition) is 1. The molecule has 0 radical (unpaired) electrons. The lowest BCUT2D eigenvalue weighted by Gasteiger charge is -2.24. The Hall–Kier alpha value is -0.860. The first-order valence-corrected chi connectivity index (χ1v) is 8.32. The van der Waals surface area contributed by atoms with Crippen LogP contribution in [0.15, 0.2) is 30.3 Å². The Labute approximate surface area is 125 Å². The molecule has 0 heterocycles. The normalized spacial score (nSPS) is 12.8. The highest BCUT2D eigenvalue weighted by atomic mass is 15.5. The lowest BCUT2D eigenvalue weighted by atomic mass is 9.94. The maximum atomic E-state index is 3.60. The van der Waals surface area contributed by atoms with Crippen molar-refractivity contribution in [2.75, 3.05) is 19.6 Å². The van der Waals surface area contributed by atoms with Gasteiger partial charge in [0.2, 0.25) is 0 Å². The van der Waals surface area contributed by atoms with E-state index in [2.05, 4.69) is 61.5 Å². The summed E-state index contributed by atoms with van der Waals surface area (Å²) in [6.45, 7) is 9.94. The van der Waals surface area contributed by atoms with Gasteiger partial charge in [0, 0.05) is 19.6 Å². The van der Waals surface area contributed by atoms with Crippen molar-refractivity contribution in [2.45, 2.75) is 52.9 Å². The fraction of sp³-hybridized carbons (Fsp3) is 0.667. The van der Waals surface area contributed by atoms with Crippen LogP contribution in [0.4, 0.5) is 0 Å². The van der Waals surface area contributed by atoms with Gasteiger partial charge in [-0.15, -0.1) is 0 Å². The molecule has 0 aromatic heterocycles. The monoisotopic (exact) mass is 276 g/mol. The Morgan fingerprint density at radius 3 is 2.30 bits per heavy atom. The van der Waals surface area contributed by atoms with Gasteiger partial charge >= 0.3 is 0 Å². The molecule has 20 heavy (non-hydrogen) atoms. The highest BCUT2D eigenvalue weighted by molar-refractivity contribution is 5.15. The van der Waals surface area contributed by atoms with E-state index in [4.69, 9.17) is 0 Å². The minimum absolute atomic E-state index is 0.740. The van der Waals surface area contributed by atoms with Crippen molar-refractivity contribution < 1.29 is 0 Å². The van der Waals surface area contributed by atoms with Crippen LogP contribution in [-0.4, -0.2) is 24.6 Å². The van der Waals surface area contributed by atoms with Gasteiger partial charge in [-0.25, -0.2) is 5.01 Å². The number of unbranched alkanes of at least 4 members (excludes halogenated alkanes) is 2. The molecule has 0 aliphatic carbocycles. The molecular weight excluding hydrogens is 244 g/mol. The lowest BCUT2D eigenvalue weighted by molar-refractivity contribution is 0.188. The molecule has 0 fully saturated rings. The summed E-state index contributed by atoms with van der Waals surface area (Å²) in [6, 6.07) is 10.9. The van der Waals surface area contributed by atoms with Gasteiger partial charge in [-0.1, -0.05) is 70.4 Å². The summed E-state index contributed by atoms with van der Waals surface area (Å²) < 4.78 is 0. The number of nitrogens with one attached hydrogen (secondary N) is 1. The van der Waals surface area contributed by atoms with Crippen LogP contribution >= 0.6 is 0 Å². The van der Waals surface area contributed by atoms with Crippen LogP contribution in [0.1, 0.15) is 52.0 Å². The van der Waals surface area contributed by atoms with Crippen LogP contribution in [0.5, 0.6) is 0 Å². The largest absolute Gasteiger partial charge is 0.255 e. The minimum Gasteiger partial charge on any atom is -0.255 e. The first kappa shape index (κ1) is 17.2. The van der Waals surface area contributed by atoms with Gasteiger partial charge in [-0.2, -0.15) is 0 Å². The van der Waals surface area contributed by atoms with Crippen LogP contribution in [0.3, 0.4) is 0 Å². The Kier molecular flexibility index (Phi) is 9.35. The summed E-state index contributed by atoms with van der Waals surface area (Å²) in [5.41, 5.74) is 5.07. The molecule has 1 aromatic rings. The van der Waals surface area contributed by atoms with E-state index in [1.807, 2.05) is 0 Å². The molecule has 0 bridgehead atoms. The lowest BCUT2D eigenvalue weighted by Crippen LogP contribution is -2.40. The molecular formula is C18H32N2. The van der Waals surface area contributed by atoms with Crippen LogP contribution in [0.2, 0.25) is 0 Å². The molecule has 0 saturated carbocycles. The molecule has 1 N–H and O–H groups in total.